The number of nitrogens with zero attached hydrogens (tertiary/aromatic N) is 2. The third kappa shape index (κ3) is 4.33. The highest BCUT2D eigenvalue weighted by Gasteiger charge is 2.26. The van der Waals surface area contributed by atoms with Gasteiger partial charge in [0.25, 0.3) is 5.91 Å². The Balaban J connectivity index is 1.44. The van der Waals surface area contributed by atoms with Gasteiger partial charge in [-0.25, -0.2) is 4.39 Å². The van der Waals surface area contributed by atoms with Crippen molar-refractivity contribution in [2.45, 2.75) is 25.7 Å². The molecule has 2 fully saturated rings. The zero-order valence-electron chi connectivity index (χ0n) is 14.3. The molecular formula is C19H28FN3O. The van der Waals surface area contributed by atoms with Gasteiger partial charge in [-0.15, -0.1) is 0 Å². The number of halogens is 1. The summed E-state index contributed by atoms with van der Waals surface area (Å²) in [6.07, 6.45) is 4.56. The molecule has 0 aromatic heterocycles. The number of rotatable bonds is 4. The maximum Gasteiger partial charge on any atom is 0.253 e. The number of amides is 1. The summed E-state index contributed by atoms with van der Waals surface area (Å²) in [6.45, 7) is 5.90. The summed E-state index contributed by atoms with van der Waals surface area (Å²) in [7, 11) is 0. The first-order valence-corrected chi connectivity index (χ1v) is 9.13. The highest BCUT2D eigenvalue weighted by Crippen LogP contribution is 2.23. The molecule has 1 aromatic rings. The minimum Gasteiger partial charge on any atom is -0.339 e. The molecule has 24 heavy (non-hydrogen) atoms. The lowest BCUT2D eigenvalue weighted by atomic mass is 9.92. The van der Waals surface area contributed by atoms with Crippen LogP contribution >= 0.6 is 0 Å². The summed E-state index contributed by atoms with van der Waals surface area (Å²) in [5.74, 6) is 1.11. The van der Waals surface area contributed by atoms with Gasteiger partial charge in [-0.3, -0.25) is 4.79 Å². The van der Waals surface area contributed by atoms with E-state index in [2.05, 4.69) is 4.90 Å². The van der Waals surface area contributed by atoms with Crippen LogP contribution in [0.25, 0.3) is 0 Å². The van der Waals surface area contributed by atoms with E-state index in [-0.39, 0.29) is 11.7 Å². The highest BCUT2D eigenvalue weighted by atomic mass is 19.1. The van der Waals surface area contributed by atoms with Crippen molar-refractivity contribution in [3.8, 4) is 0 Å². The number of piperidine rings is 2. The third-order valence-corrected chi connectivity index (χ3v) is 5.55. The number of carbonyl (C=O) groups excluding carboxylic acids is 1. The molecule has 5 heteroatoms. The molecule has 0 unspecified atom stereocenters. The Labute approximate surface area is 143 Å². The van der Waals surface area contributed by atoms with Gasteiger partial charge in [0.15, 0.2) is 0 Å². The van der Waals surface area contributed by atoms with Gasteiger partial charge in [-0.05, 0) is 81.4 Å². The molecule has 2 N–H and O–H groups in total. The predicted molar refractivity (Wildman–Crippen MR) is 93.2 cm³/mol. The van der Waals surface area contributed by atoms with Crippen molar-refractivity contribution in [3.05, 3.63) is 35.6 Å². The van der Waals surface area contributed by atoms with Crippen molar-refractivity contribution in [1.29, 1.82) is 0 Å². The molecule has 0 spiro atoms. The zero-order chi connectivity index (χ0) is 16.9. The van der Waals surface area contributed by atoms with Crippen LogP contribution in [0.15, 0.2) is 24.3 Å². The monoisotopic (exact) mass is 333 g/mol. The molecule has 0 atom stereocenters. The number of hydrogen-bond donors (Lipinski definition) is 1. The average molecular weight is 333 g/mol. The molecule has 1 amide bonds. The van der Waals surface area contributed by atoms with E-state index in [4.69, 9.17) is 5.73 Å². The molecule has 1 aromatic carbocycles. The van der Waals surface area contributed by atoms with Gasteiger partial charge < -0.3 is 15.5 Å². The molecular weight excluding hydrogens is 305 g/mol. The number of benzene rings is 1. The largest absolute Gasteiger partial charge is 0.339 e. The van der Waals surface area contributed by atoms with Crippen LogP contribution in [0.5, 0.6) is 0 Å². The van der Waals surface area contributed by atoms with E-state index in [1.54, 1.807) is 12.1 Å². The van der Waals surface area contributed by atoms with Gasteiger partial charge in [0, 0.05) is 25.2 Å². The summed E-state index contributed by atoms with van der Waals surface area (Å²) in [4.78, 5) is 16.9. The fraction of sp³-hybridized carbons (Fsp3) is 0.632. The summed E-state index contributed by atoms with van der Waals surface area (Å²) in [6, 6.07) is 5.85. The standard InChI is InChI=1S/C19H28FN3O/c20-18-3-1-17(2-4-18)19(24)23-11-7-16(8-12-23)14-22-9-5-15(13-21)6-10-22/h1-4,15-16H,5-14,21H2. The highest BCUT2D eigenvalue weighted by molar-refractivity contribution is 5.94. The molecule has 4 nitrogen and oxygen atoms in total. The Morgan fingerprint density at radius 3 is 2.17 bits per heavy atom. The van der Waals surface area contributed by atoms with E-state index < -0.39 is 0 Å². The van der Waals surface area contributed by atoms with Crippen molar-refractivity contribution in [2.24, 2.45) is 17.6 Å². The van der Waals surface area contributed by atoms with E-state index >= 15 is 0 Å². The number of nitrogens with two attached hydrogens (primary N) is 1. The Bertz CT molecular complexity index is 532. The van der Waals surface area contributed by atoms with E-state index in [9.17, 15) is 9.18 Å². The second kappa shape index (κ2) is 8.08. The molecule has 3 rings (SSSR count). The van der Waals surface area contributed by atoms with Gasteiger partial charge in [-0.1, -0.05) is 0 Å². The van der Waals surface area contributed by atoms with Gasteiger partial charge in [0.2, 0.25) is 0 Å². The first-order valence-electron chi connectivity index (χ1n) is 9.13. The maximum absolute atomic E-state index is 13.0. The van der Waals surface area contributed by atoms with Crippen LogP contribution in [-0.2, 0) is 0 Å². The number of carbonyl (C=O) groups is 1. The van der Waals surface area contributed by atoms with Crippen LogP contribution in [0.3, 0.4) is 0 Å². The Morgan fingerprint density at radius 2 is 1.58 bits per heavy atom. The molecule has 0 saturated carbocycles. The van der Waals surface area contributed by atoms with Gasteiger partial charge in [0.05, 0.1) is 0 Å². The van der Waals surface area contributed by atoms with Crippen molar-refractivity contribution in [3.63, 3.8) is 0 Å². The van der Waals surface area contributed by atoms with Crippen molar-refractivity contribution in [2.75, 3.05) is 39.3 Å². The third-order valence-electron chi connectivity index (χ3n) is 5.55. The molecule has 132 valence electrons. The second-order valence-corrected chi connectivity index (χ2v) is 7.22. The van der Waals surface area contributed by atoms with Crippen molar-refractivity contribution in [1.82, 2.24) is 9.80 Å². The summed E-state index contributed by atoms with van der Waals surface area (Å²) in [5.41, 5.74) is 6.34. The van der Waals surface area contributed by atoms with Crippen molar-refractivity contribution < 1.29 is 9.18 Å². The molecule has 2 aliphatic heterocycles. The van der Waals surface area contributed by atoms with E-state index in [0.717, 1.165) is 52.1 Å². The first-order chi connectivity index (χ1) is 11.7. The lowest BCUT2D eigenvalue weighted by Gasteiger charge is -2.37. The molecule has 2 heterocycles. The molecule has 0 bridgehead atoms. The fourth-order valence-corrected chi connectivity index (χ4v) is 3.86. The topological polar surface area (TPSA) is 49.6 Å². The molecule has 2 saturated heterocycles. The van der Waals surface area contributed by atoms with E-state index in [1.165, 1.54) is 25.0 Å². The van der Waals surface area contributed by atoms with Gasteiger partial charge >= 0.3 is 0 Å². The minimum atomic E-state index is -0.302. The molecule has 0 radical (unpaired) electrons. The number of hydrogen-bond acceptors (Lipinski definition) is 3. The summed E-state index contributed by atoms with van der Waals surface area (Å²) >= 11 is 0. The Hall–Kier alpha value is -1.46. The first kappa shape index (κ1) is 17.4. The van der Waals surface area contributed by atoms with Crippen LogP contribution in [0.4, 0.5) is 4.39 Å². The van der Waals surface area contributed by atoms with Crippen molar-refractivity contribution >= 4 is 5.91 Å². The smallest absolute Gasteiger partial charge is 0.253 e. The van der Waals surface area contributed by atoms with Gasteiger partial charge in [-0.2, -0.15) is 0 Å². The second-order valence-electron chi connectivity index (χ2n) is 7.22. The Kier molecular flexibility index (Phi) is 5.85. The fourth-order valence-electron chi connectivity index (χ4n) is 3.86. The predicted octanol–water partition coefficient (Wildman–Crippen LogP) is 2.35. The SMILES string of the molecule is NCC1CCN(CC2CCN(C(=O)c3ccc(F)cc3)CC2)CC1. The van der Waals surface area contributed by atoms with Crippen LogP contribution in [0, 0.1) is 17.7 Å². The van der Waals surface area contributed by atoms with Gasteiger partial charge in [0.1, 0.15) is 5.82 Å². The van der Waals surface area contributed by atoms with E-state index in [0.29, 0.717) is 17.4 Å². The van der Waals surface area contributed by atoms with E-state index in [1.807, 2.05) is 4.90 Å². The summed E-state index contributed by atoms with van der Waals surface area (Å²) in [5, 5.41) is 0. The maximum atomic E-state index is 13.0. The van der Waals surface area contributed by atoms with Crippen LogP contribution in [0.1, 0.15) is 36.0 Å². The van der Waals surface area contributed by atoms with Crippen LogP contribution in [-0.4, -0.2) is 55.0 Å². The quantitative estimate of drug-likeness (QED) is 0.920. The lowest BCUT2D eigenvalue weighted by molar-refractivity contribution is 0.0653. The zero-order valence-corrected chi connectivity index (χ0v) is 14.3. The summed E-state index contributed by atoms with van der Waals surface area (Å²) < 4.78 is 13.0. The number of likely N-dealkylation sites (tertiary alicyclic amines) is 2. The molecule has 2 aliphatic rings. The van der Waals surface area contributed by atoms with Crippen LogP contribution < -0.4 is 5.73 Å². The Morgan fingerprint density at radius 1 is 1.00 bits per heavy atom. The molecule has 0 aliphatic carbocycles. The van der Waals surface area contributed by atoms with Crippen LogP contribution in [0.2, 0.25) is 0 Å². The lowest BCUT2D eigenvalue weighted by Crippen LogP contribution is -2.43. The minimum absolute atomic E-state index is 0.0252. The average Bonchev–Trinajstić information content (AvgIpc) is 2.63. The normalized spacial score (nSPS) is 21.2.